The average Bonchev–Trinajstić information content (AvgIpc) is 2.45. The number of ether oxygens (including phenoxy) is 1. The van der Waals surface area contributed by atoms with Gasteiger partial charge in [0, 0.05) is 12.6 Å². The molecule has 1 aromatic carbocycles. The number of nitrogens with zero attached hydrogens (tertiary/aromatic N) is 1. The fraction of sp³-hybridized carbons (Fsp3) is 0.471. The number of hydrogen-bond donors (Lipinski definition) is 0. The third-order valence-electron chi connectivity index (χ3n) is 3.73. The van der Waals surface area contributed by atoms with Crippen molar-refractivity contribution in [1.29, 1.82) is 0 Å². The zero-order valence-electron chi connectivity index (χ0n) is 12.6. The number of hydrogen-bond acceptors (Lipinski definition) is 2. The summed E-state index contributed by atoms with van der Waals surface area (Å²) in [6, 6.07) is 10.1. The fourth-order valence-corrected chi connectivity index (χ4v) is 2.54. The second kappa shape index (κ2) is 6.23. The van der Waals surface area contributed by atoms with Gasteiger partial charge in [-0.2, -0.15) is 0 Å². The van der Waals surface area contributed by atoms with Gasteiger partial charge in [0.05, 0.1) is 18.8 Å². The summed E-state index contributed by atoms with van der Waals surface area (Å²) in [5.41, 5.74) is 1.97. The molecule has 20 heavy (non-hydrogen) atoms. The maximum Gasteiger partial charge on any atom is 0.247 e. The van der Waals surface area contributed by atoms with E-state index in [-0.39, 0.29) is 11.4 Å². The molecule has 0 unspecified atom stereocenters. The fourth-order valence-electron chi connectivity index (χ4n) is 2.54. The molecule has 0 aliphatic carbocycles. The van der Waals surface area contributed by atoms with Crippen LogP contribution < -0.4 is 0 Å². The lowest BCUT2D eigenvalue weighted by atomic mass is 10.00. The van der Waals surface area contributed by atoms with Crippen molar-refractivity contribution in [2.24, 2.45) is 0 Å². The Morgan fingerprint density at radius 2 is 2.05 bits per heavy atom. The Balaban J connectivity index is 2.21. The van der Waals surface area contributed by atoms with Crippen LogP contribution in [0.5, 0.6) is 0 Å². The Morgan fingerprint density at radius 3 is 2.65 bits per heavy atom. The lowest BCUT2D eigenvalue weighted by Gasteiger charge is -2.41. The first kappa shape index (κ1) is 14.8. The van der Waals surface area contributed by atoms with Gasteiger partial charge in [-0.25, -0.2) is 0 Å². The third-order valence-corrected chi connectivity index (χ3v) is 3.73. The zero-order chi connectivity index (χ0) is 14.6. The van der Waals surface area contributed by atoms with Crippen LogP contribution in [0.1, 0.15) is 32.8 Å². The van der Waals surface area contributed by atoms with Crippen molar-refractivity contribution in [1.82, 2.24) is 4.90 Å². The number of morpholine rings is 1. The van der Waals surface area contributed by atoms with Crippen LogP contribution in [0.25, 0.3) is 5.57 Å². The van der Waals surface area contributed by atoms with E-state index in [4.69, 9.17) is 4.74 Å². The molecule has 1 fully saturated rings. The molecule has 1 heterocycles. The number of benzene rings is 1. The number of amides is 1. The minimum Gasteiger partial charge on any atom is -0.377 e. The highest BCUT2D eigenvalue weighted by molar-refractivity contribution is 5.95. The SMILES string of the molecule is CC/C(=C\C(=O)N1CCOCC1(C)C)c1ccccc1. The van der Waals surface area contributed by atoms with Gasteiger partial charge in [-0.3, -0.25) is 4.79 Å². The summed E-state index contributed by atoms with van der Waals surface area (Å²) in [5.74, 6) is 0.0824. The first-order valence-electron chi connectivity index (χ1n) is 7.20. The van der Waals surface area contributed by atoms with E-state index in [0.717, 1.165) is 17.6 Å². The van der Waals surface area contributed by atoms with Gasteiger partial charge in [0.25, 0.3) is 0 Å². The molecule has 1 amide bonds. The van der Waals surface area contributed by atoms with Crippen molar-refractivity contribution in [2.45, 2.75) is 32.7 Å². The van der Waals surface area contributed by atoms with Crippen molar-refractivity contribution >= 4 is 11.5 Å². The lowest BCUT2D eigenvalue weighted by Crippen LogP contribution is -2.55. The molecule has 1 saturated heterocycles. The smallest absolute Gasteiger partial charge is 0.247 e. The molecule has 1 aliphatic heterocycles. The van der Waals surface area contributed by atoms with E-state index in [9.17, 15) is 4.79 Å². The van der Waals surface area contributed by atoms with Gasteiger partial charge in [0.2, 0.25) is 5.91 Å². The van der Waals surface area contributed by atoms with Gasteiger partial charge >= 0.3 is 0 Å². The zero-order valence-corrected chi connectivity index (χ0v) is 12.6. The van der Waals surface area contributed by atoms with Crippen molar-refractivity contribution in [3.63, 3.8) is 0 Å². The van der Waals surface area contributed by atoms with Crippen LogP contribution >= 0.6 is 0 Å². The van der Waals surface area contributed by atoms with Crippen LogP contribution in [0, 0.1) is 0 Å². The topological polar surface area (TPSA) is 29.5 Å². The summed E-state index contributed by atoms with van der Waals surface area (Å²) in [5, 5.41) is 0. The van der Waals surface area contributed by atoms with Crippen molar-refractivity contribution < 1.29 is 9.53 Å². The van der Waals surface area contributed by atoms with Gasteiger partial charge in [-0.1, -0.05) is 37.3 Å². The molecule has 0 atom stereocenters. The number of carbonyl (C=O) groups excluding carboxylic acids is 1. The second-order valence-electron chi connectivity index (χ2n) is 5.74. The number of allylic oxidation sites excluding steroid dienone is 1. The minimum absolute atomic E-state index is 0.0824. The minimum atomic E-state index is -0.235. The third kappa shape index (κ3) is 3.28. The quantitative estimate of drug-likeness (QED) is 0.792. The Hall–Kier alpha value is -1.61. The largest absolute Gasteiger partial charge is 0.377 e. The Bertz CT molecular complexity index is 491. The molecule has 0 saturated carbocycles. The molecule has 0 spiro atoms. The maximum absolute atomic E-state index is 12.6. The summed E-state index contributed by atoms with van der Waals surface area (Å²) in [7, 11) is 0. The molecule has 0 N–H and O–H groups in total. The predicted molar refractivity (Wildman–Crippen MR) is 81.3 cm³/mol. The normalized spacial score (nSPS) is 18.9. The van der Waals surface area contributed by atoms with Crippen LogP contribution in [-0.4, -0.2) is 36.1 Å². The van der Waals surface area contributed by atoms with Gasteiger partial charge < -0.3 is 9.64 Å². The number of carbonyl (C=O) groups is 1. The van der Waals surface area contributed by atoms with E-state index in [0.29, 0.717) is 19.8 Å². The van der Waals surface area contributed by atoms with Crippen molar-refractivity contribution in [3.05, 3.63) is 42.0 Å². The molecule has 3 heteroatoms. The molecule has 3 nitrogen and oxygen atoms in total. The summed E-state index contributed by atoms with van der Waals surface area (Å²) < 4.78 is 5.47. The van der Waals surface area contributed by atoms with Gasteiger partial charge in [-0.15, -0.1) is 0 Å². The van der Waals surface area contributed by atoms with E-state index < -0.39 is 0 Å². The molecule has 1 aromatic rings. The van der Waals surface area contributed by atoms with Crippen LogP contribution in [-0.2, 0) is 9.53 Å². The Kier molecular flexibility index (Phi) is 4.61. The van der Waals surface area contributed by atoms with E-state index in [2.05, 4.69) is 6.92 Å². The summed E-state index contributed by atoms with van der Waals surface area (Å²) in [6.45, 7) is 8.05. The Labute approximate surface area is 121 Å². The highest BCUT2D eigenvalue weighted by Crippen LogP contribution is 2.22. The maximum atomic E-state index is 12.6. The van der Waals surface area contributed by atoms with Crippen LogP contribution in [0.3, 0.4) is 0 Å². The van der Waals surface area contributed by atoms with Crippen LogP contribution in [0.15, 0.2) is 36.4 Å². The molecular weight excluding hydrogens is 250 g/mol. The van der Waals surface area contributed by atoms with E-state index in [1.807, 2.05) is 49.1 Å². The molecule has 0 radical (unpaired) electrons. The summed E-state index contributed by atoms with van der Waals surface area (Å²) in [4.78, 5) is 14.5. The second-order valence-corrected chi connectivity index (χ2v) is 5.74. The van der Waals surface area contributed by atoms with Gasteiger partial charge in [0.1, 0.15) is 0 Å². The van der Waals surface area contributed by atoms with Crippen LogP contribution in [0.2, 0.25) is 0 Å². The standard InChI is InChI=1S/C17H23NO2/c1-4-14(15-8-6-5-7-9-15)12-16(19)18-10-11-20-13-17(18,2)3/h5-9,12H,4,10-11,13H2,1-3H3/b14-12+. The number of rotatable bonds is 3. The highest BCUT2D eigenvalue weighted by Gasteiger charge is 2.33. The lowest BCUT2D eigenvalue weighted by molar-refractivity contribution is -0.140. The van der Waals surface area contributed by atoms with E-state index >= 15 is 0 Å². The first-order valence-corrected chi connectivity index (χ1v) is 7.20. The van der Waals surface area contributed by atoms with Gasteiger partial charge in [0.15, 0.2) is 0 Å². The predicted octanol–water partition coefficient (Wildman–Crippen LogP) is 3.12. The van der Waals surface area contributed by atoms with Crippen molar-refractivity contribution in [2.75, 3.05) is 19.8 Å². The first-order chi connectivity index (χ1) is 9.54. The van der Waals surface area contributed by atoms with E-state index in [1.54, 1.807) is 6.08 Å². The molecule has 0 aromatic heterocycles. The van der Waals surface area contributed by atoms with Crippen molar-refractivity contribution in [3.8, 4) is 0 Å². The van der Waals surface area contributed by atoms with E-state index in [1.165, 1.54) is 0 Å². The summed E-state index contributed by atoms with van der Waals surface area (Å²) in [6.07, 6.45) is 2.63. The highest BCUT2D eigenvalue weighted by atomic mass is 16.5. The average molecular weight is 273 g/mol. The Morgan fingerprint density at radius 1 is 1.35 bits per heavy atom. The van der Waals surface area contributed by atoms with Gasteiger partial charge in [-0.05, 0) is 31.4 Å². The summed E-state index contributed by atoms with van der Waals surface area (Å²) >= 11 is 0. The molecule has 1 aliphatic rings. The molecule has 108 valence electrons. The van der Waals surface area contributed by atoms with Crippen LogP contribution in [0.4, 0.5) is 0 Å². The molecule has 0 bridgehead atoms. The molecule has 2 rings (SSSR count). The molecular formula is C17H23NO2. The monoisotopic (exact) mass is 273 g/mol.